The third kappa shape index (κ3) is 4.83. The summed E-state index contributed by atoms with van der Waals surface area (Å²) in [5.74, 6) is 2.08. The average molecular weight is 426 g/mol. The van der Waals surface area contributed by atoms with Crippen molar-refractivity contribution >= 4 is 17.5 Å². The largest absolute Gasteiger partial charge is 0.356 e. The number of anilines is 3. The van der Waals surface area contributed by atoms with Crippen LogP contribution in [0.15, 0.2) is 86.1 Å². The zero-order valence-corrected chi connectivity index (χ0v) is 18.3. The molecule has 1 atom stereocenters. The first-order chi connectivity index (χ1) is 15.5. The lowest BCUT2D eigenvalue weighted by Gasteiger charge is -2.19. The Bertz CT molecular complexity index is 1140. The Kier molecular flexibility index (Phi) is 6.26. The Morgan fingerprint density at radius 3 is 2.69 bits per heavy atom. The van der Waals surface area contributed by atoms with E-state index in [-0.39, 0.29) is 6.04 Å². The first kappa shape index (κ1) is 21.2. The maximum absolute atomic E-state index is 4.64. The summed E-state index contributed by atoms with van der Waals surface area (Å²) >= 11 is 0. The van der Waals surface area contributed by atoms with Gasteiger partial charge >= 0.3 is 0 Å². The Labute approximate surface area is 188 Å². The summed E-state index contributed by atoms with van der Waals surface area (Å²) < 4.78 is 0. The molecule has 2 N–H and O–H groups in total. The summed E-state index contributed by atoms with van der Waals surface area (Å²) in [6, 6.07) is 9.76. The van der Waals surface area contributed by atoms with Crippen LogP contribution in [0.2, 0.25) is 0 Å². The van der Waals surface area contributed by atoms with Gasteiger partial charge in [0.15, 0.2) is 0 Å². The molecular weight excluding hydrogens is 398 g/mol. The molecule has 4 rings (SSSR count). The molecule has 0 amide bonds. The molecule has 0 radical (unpaired) electrons. The van der Waals surface area contributed by atoms with E-state index in [1.165, 1.54) is 0 Å². The molecule has 1 aliphatic rings. The first-order valence-corrected chi connectivity index (χ1v) is 10.6. The SMILES string of the molecule is C=CC(=C)Nc1cccc(-c2cnc(C(C)Nc3nccc(N4CCCC4=C)n3)nc2)c1. The predicted octanol–water partition coefficient (Wildman–Crippen LogP) is 5.33. The van der Waals surface area contributed by atoms with Crippen LogP contribution in [0, 0.1) is 0 Å². The van der Waals surface area contributed by atoms with Crippen molar-refractivity contribution in [3.63, 3.8) is 0 Å². The smallest absolute Gasteiger partial charge is 0.225 e. The number of benzene rings is 1. The van der Waals surface area contributed by atoms with Crippen molar-refractivity contribution in [3.8, 4) is 11.1 Å². The van der Waals surface area contributed by atoms with E-state index in [2.05, 4.69) is 55.2 Å². The van der Waals surface area contributed by atoms with Crippen LogP contribution in [0.25, 0.3) is 11.1 Å². The molecule has 32 heavy (non-hydrogen) atoms. The molecule has 0 spiro atoms. The molecule has 1 aliphatic heterocycles. The van der Waals surface area contributed by atoms with Gasteiger partial charge in [0.1, 0.15) is 11.6 Å². The third-order valence-corrected chi connectivity index (χ3v) is 5.30. The quantitative estimate of drug-likeness (QED) is 0.472. The van der Waals surface area contributed by atoms with Crippen LogP contribution >= 0.6 is 0 Å². The molecule has 1 aromatic carbocycles. The highest BCUT2D eigenvalue weighted by Gasteiger charge is 2.19. The second-order valence-electron chi connectivity index (χ2n) is 7.69. The molecule has 0 bridgehead atoms. The molecule has 7 heteroatoms. The van der Waals surface area contributed by atoms with Crippen LogP contribution in [-0.4, -0.2) is 26.5 Å². The lowest BCUT2D eigenvalue weighted by molar-refractivity contribution is 0.776. The van der Waals surface area contributed by atoms with Gasteiger partial charge in [-0.05, 0) is 49.6 Å². The van der Waals surface area contributed by atoms with Gasteiger partial charge in [-0.15, -0.1) is 0 Å². The summed E-state index contributed by atoms with van der Waals surface area (Å²) in [4.78, 5) is 20.3. The van der Waals surface area contributed by atoms with Gasteiger partial charge in [0.25, 0.3) is 0 Å². The van der Waals surface area contributed by atoms with Gasteiger partial charge in [-0.25, -0.2) is 15.0 Å². The van der Waals surface area contributed by atoms with Crippen molar-refractivity contribution in [2.24, 2.45) is 0 Å². The minimum Gasteiger partial charge on any atom is -0.356 e. The number of nitrogens with zero attached hydrogens (tertiary/aromatic N) is 5. The standard InChI is InChI=1S/C25H27N7/c1-5-17(2)29-22-10-6-9-20(14-22)21-15-27-24(28-16-21)19(4)30-25-26-12-11-23(31-25)32-13-7-8-18(32)3/h5-6,9-12,14-16,19,29H,1-3,7-8,13H2,4H3,(H,26,30,31). The van der Waals surface area contributed by atoms with E-state index < -0.39 is 0 Å². The van der Waals surface area contributed by atoms with E-state index in [4.69, 9.17) is 0 Å². The Balaban J connectivity index is 1.45. The molecule has 1 fully saturated rings. The second kappa shape index (κ2) is 9.43. The maximum Gasteiger partial charge on any atom is 0.225 e. The number of hydrogen-bond donors (Lipinski definition) is 2. The Morgan fingerprint density at radius 2 is 1.97 bits per heavy atom. The van der Waals surface area contributed by atoms with E-state index in [9.17, 15) is 0 Å². The van der Waals surface area contributed by atoms with Crippen LogP contribution in [0.5, 0.6) is 0 Å². The first-order valence-electron chi connectivity index (χ1n) is 10.6. The normalized spacial score (nSPS) is 14.2. The van der Waals surface area contributed by atoms with Gasteiger partial charge in [-0.3, -0.25) is 0 Å². The number of rotatable bonds is 8. The molecule has 0 saturated carbocycles. The van der Waals surface area contributed by atoms with Crippen LogP contribution in [0.4, 0.5) is 17.5 Å². The lowest BCUT2D eigenvalue weighted by atomic mass is 10.1. The summed E-state index contributed by atoms with van der Waals surface area (Å²) in [5.41, 5.74) is 4.72. The van der Waals surface area contributed by atoms with Crippen molar-refractivity contribution in [1.82, 2.24) is 19.9 Å². The topological polar surface area (TPSA) is 78.9 Å². The second-order valence-corrected chi connectivity index (χ2v) is 7.69. The van der Waals surface area contributed by atoms with E-state index in [0.717, 1.165) is 53.4 Å². The zero-order chi connectivity index (χ0) is 22.5. The highest BCUT2D eigenvalue weighted by molar-refractivity contribution is 5.67. The van der Waals surface area contributed by atoms with Crippen molar-refractivity contribution in [2.45, 2.75) is 25.8 Å². The van der Waals surface area contributed by atoms with Crippen LogP contribution in [0.1, 0.15) is 31.6 Å². The Morgan fingerprint density at radius 1 is 1.16 bits per heavy atom. The van der Waals surface area contributed by atoms with Crippen molar-refractivity contribution in [1.29, 1.82) is 0 Å². The van der Waals surface area contributed by atoms with Crippen molar-refractivity contribution in [2.75, 3.05) is 22.1 Å². The Hall–Kier alpha value is -4.00. The number of hydrogen-bond acceptors (Lipinski definition) is 7. The van der Waals surface area contributed by atoms with E-state index in [0.29, 0.717) is 11.8 Å². The van der Waals surface area contributed by atoms with Gasteiger partial charge < -0.3 is 15.5 Å². The highest BCUT2D eigenvalue weighted by Crippen LogP contribution is 2.27. The molecule has 3 heterocycles. The third-order valence-electron chi connectivity index (χ3n) is 5.30. The highest BCUT2D eigenvalue weighted by atomic mass is 15.2. The average Bonchev–Trinajstić information content (AvgIpc) is 3.25. The van der Waals surface area contributed by atoms with Crippen LogP contribution in [0.3, 0.4) is 0 Å². The molecule has 2 aromatic heterocycles. The van der Waals surface area contributed by atoms with Gasteiger partial charge in [0, 0.05) is 47.8 Å². The van der Waals surface area contributed by atoms with E-state index in [1.807, 2.05) is 49.6 Å². The maximum atomic E-state index is 4.64. The molecule has 162 valence electrons. The molecule has 7 nitrogen and oxygen atoms in total. The summed E-state index contributed by atoms with van der Waals surface area (Å²) in [6.07, 6.45) is 9.20. The van der Waals surface area contributed by atoms with Crippen LogP contribution < -0.4 is 15.5 Å². The lowest BCUT2D eigenvalue weighted by Crippen LogP contribution is -2.18. The fourth-order valence-corrected chi connectivity index (χ4v) is 3.56. The summed E-state index contributed by atoms with van der Waals surface area (Å²) in [5, 5.41) is 6.50. The molecular formula is C25H27N7. The molecule has 0 aliphatic carbocycles. The fraction of sp³-hybridized carbons (Fsp3) is 0.200. The van der Waals surface area contributed by atoms with Gasteiger partial charge in [0.2, 0.25) is 5.95 Å². The van der Waals surface area contributed by atoms with Gasteiger partial charge in [0.05, 0.1) is 6.04 Å². The summed E-state index contributed by atoms with van der Waals surface area (Å²) in [7, 11) is 0. The number of aromatic nitrogens is 4. The predicted molar refractivity (Wildman–Crippen MR) is 130 cm³/mol. The monoisotopic (exact) mass is 425 g/mol. The fourth-order valence-electron chi connectivity index (χ4n) is 3.56. The minimum absolute atomic E-state index is 0.148. The number of nitrogens with one attached hydrogen (secondary N) is 2. The molecule has 3 aromatic rings. The summed E-state index contributed by atoms with van der Waals surface area (Å²) in [6.45, 7) is 14.7. The van der Waals surface area contributed by atoms with Crippen molar-refractivity contribution in [3.05, 3.63) is 92.0 Å². The van der Waals surface area contributed by atoms with Crippen LogP contribution in [-0.2, 0) is 0 Å². The van der Waals surface area contributed by atoms with Gasteiger partial charge in [-0.1, -0.05) is 31.9 Å². The number of allylic oxidation sites excluding steroid dienone is 2. The molecule has 1 unspecified atom stereocenters. The van der Waals surface area contributed by atoms with Crippen molar-refractivity contribution < 1.29 is 0 Å². The zero-order valence-electron chi connectivity index (χ0n) is 18.3. The minimum atomic E-state index is -0.148. The van der Waals surface area contributed by atoms with E-state index >= 15 is 0 Å². The van der Waals surface area contributed by atoms with Gasteiger partial charge in [-0.2, -0.15) is 4.98 Å². The molecule has 1 saturated heterocycles. The van der Waals surface area contributed by atoms with E-state index in [1.54, 1.807) is 12.3 Å².